The summed E-state index contributed by atoms with van der Waals surface area (Å²) in [5, 5.41) is 6.69. The van der Waals surface area contributed by atoms with Gasteiger partial charge in [-0.15, -0.1) is 0 Å². The molecule has 4 heterocycles. The second kappa shape index (κ2) is 15.4. The van der Waals surface area contributed by atoms with Crippen LogP contribution >= 0.6 is 11.6 Å². The van der Waals surface area contributed by atoms with E-state index in [9.17, 15) is 9.59 Å². The van der Waals surface area contributed by atoms with Crippen molar-refractivity contribution >= 4 is 40.5 Å². The van der Waals surface area contributed by atoms with Crippen LogP contribution in [0.15, 0.2) is 67.0 Å². The number of amides is 2. The van der Waals surface area contributed by atoms with Gasteiger partial charge in [0.25, 0.3) is 5.91 Å². The summed E-state index contributed by atoms with van der Waals surface area (Å²) in [4.78, 5) is 38.8. The van der Waals surface area contributed by atoms with Crippen LogP contribution in [0.4, 0.5) is 11.4 Å². The molecule has 4 aromatic rings. The molecular formula is C43H52ClN9O3. The number of pyridine rings is 1. The van der Waals surface area contributed by atoms with Crippen molar-refractivity contribution in [3.05, 3.63) is 94.7 Å². The Morgan fingerprint density at radius 2 is 1.91 bits per heavy atom. The Balaban J connectivity index is 0.871. The van der Waals surface area contributed by atoms with Crippen LogP contribution in [-0.4, -0.2) is 72.5 Å². The highest BCUT2D eigenvalue weighted by atomic mass is 35.5. The smallest absolute Gasteiger partial charge is 0.268 e. The first kappa shape index (κ1) is 37.7. The second-order valence-electron chi connectivity index (χ2n) is 15.8. The lowest BCUT2D eigenvalue weighted by Gasteiger charge is -2.52. The van der Waals surface area contributed by atoms with Crippen LogP contribution in [0.3, 0.4) is 0 Å². The predicted octanol–water partition coefficient (Wildman–Crippen LogP) is 6.44. The molecule has 0 bridgehead atoms. The van der Waals surface area contributed by atoms with Crippen molar-refractivity contribution in [3.63, 3.8) is 0 Å². The van der Waals surface area contributed by atoms with Gasteiger partial charge in [-0.25, -0.2) is 9.66 Å². The van der Waals surface area contributed by atoms with Gasteiger partial charge in [0.05, 0.1) is 35.8 Å². The molecule has 8 rings (SSSR count). The molecule has 56 heavy (non-hydrogen) atoms. The molecule has 2 aliphatic carbocycles. The van der Waals surface area contributed by atoms with Crippen molar-refractivity contribution in [3.8, 4) is 17.0 Å². The van der Waals surface area contributed by atoms with Crippen LogP contribution in [0.1, 0.15) is 91.6 Å². The number of carbonyl (C=O) groups is 2. The quantitative estimate of drug-likeness (QED) is 0.128. The highest BCUT2D eigenvalue weighted by molar-refractivity contribution is 6.31. The van der Waals surface area contributed by atoms with Crippen molar-refractivity contribution in [2.75, 3.05) is 42.9 Å². The Kier molecular flexibility index (Phi) is 10.3. The Hall–Kier alpha value is -5.23. The molecule has 294 valence electrons. The number of primary amides is 1. The van der Waals surface area contributed by atoms with Gasteiger partial charge in [0.1, 0.15) is 17.6 Å². The van der Waals surface area contributed by atoms with Crippen molar-refractivity contribution < 1.29 is 14.3 Å². The van der Waals surface area contributed by atoms with Crippen LogP contribution in [0.2, 0.25) is 5.02 Å². The van der Waals surface area contributed by atoms with Gasteiger partial charge in [-0.05, 0) is 110 Å². The molecule has 2 saturated carbocycles. The Morgan fingerprint density at radius 1 is 1.11 bits per heavy atom. The number of nitrogens with two attached hydrogens (primary N) is 1. The van der Waals surface area contributed by atoms with Crippen LogP contribution in [0.5, 0.6) is 5.75 Å². The van der Waals surface area contributed by atoms with E-state index >= 15 is 0 Å². The summed E-state index contributed by atoms with van der Waals surface area (Å²) in [5.74, 6) is 0.667. The molecule has 2 aliphatic heterocycles. The number of hydrogen-bond donors (Lipinski definition) is 4. The summed E-state index contributed by atoms with van der Waals surface area (Å²) in [6.45, 7) is 2.90. The molecule has 0 radical (unpaired) electrons. The molecule has 2 unspecified atom stereocenters. The van der Waals surface area contributed by atoms with Gasteiger partial charge in [0.2, 0.25) is 5.91 Å². The maximum Gasteiger partial charge on any atom is 0.268 e. The number of carbonyl (C=O) groups excluding carboxylic acids is 2. The minimum absolute atomic E-state index is 0.0153. The summed E-state index contributed by atoms with van der Waals surface area (Å²) in [5.41, 5.74) is 17.0. The molecule has 2 aromatic heterocycles. The molecule has 2 aromatic carbocycles. The number of imidazole rings is 1. The van der Waals surface area contributed by atoms with E-state index in [0.717, 1.165) is 91.1 Å². The Morgan fingerprint density at radius 3 is 2.61 bits per heavy atom. The zero-order chi connectivity index (χ0) is 39.1. The fourth-order valence-electron chi connectivity index (χ4n) is 9.51. The lowest BCUT2D eigenvalue weighted by Crippen LogP contribution is -2.49. The molecular weight excluding hydrogens is 726 g/mol. The highest BCUT2D eigenvalue weighted by Gasteiger charge is 2.48. The number of anilines is 2. The van der Waals surface area contributed by atoms with E-state index in [4.69, 9.17) is 27.1 Å². The number of aromatic nitrogens is 3. The van der Waals surface area contributed by atoms with E-state index in [0.29, 0.717) is 28.0 Å². The van der Waals surface area contributed by atoms with E-state index in [-0.39, 0.29) is 24.1 Å². The van der Waals surface area contributed by atoms with Crippen molar-refractivity contribution in [2.45, 2.75) is 88.9 Å². The lowest BCUT2D eigenvalue weighted by atomic mass is 9.58. The van der Waals surface area contributed by atoms with Crippen LogP contribution in [-0.2, 0) is 11.2 Å². The SMILES string of the molecule is CCCC(C(=O)NC)c1cc(N(C)C2CCC3(CC2)CC(Oc2ccc(-c4cccc5c4CCN5C4C=C(NC)c5ncc(C(N)=O)n5N4)nc2)C3)ccc1Cl. The highest BCUT2D eigenvalue weighted by Crippen LogP contribution is 2.53. The summed E-state index contributed by atoms with van der Waals surface area (Å²) < 4.78 is 8.15. The van der Waals surface area contributed by atoms with Gasteiger partial charge in [-0.3, -0.25) is 20.0 Å². The number of nitrogens with one attached hydrogen (secondary N) is 3. The maximum absolute atomic E-state index is 12.7. The average molecular weight is 778 g/mol. The zero-order valence-corrected chi connectivity index (χ0v) is 33.4. The van der Waals surface area contributed by atoms with Crippen LogP contribution in [0, 0.1) is 5.41 Å². The van der Waals surface area contributed by atoms with Crippen molar-refractivity contribution in [1.29, 1.82) is 0 Å². The maximum atomic E-state index is 12.7. The number of benzene rings is 2. The first-order chi connectivity index (χ1) is 27.1. The number of rotatable bonds is 12. The van der Waals surface area contributed by atoms with Gasteiger partial charge in [-0.1, -0.05) is 37.1 Å². The van der Waals surface area contributed by atoms with Gasteiger partial charge < -0.3 is 30.9 Å². The van der Waals surface area contributed by atoms with E-state index in [2.05, 4.69) is 93.4 Å². The van der Waals surface area contributed by atoms with Crippen LogP contribution < -0.4 is 36.3 Å². The van der Waals surface area contributed by atoms with Crippen molar-refractivity contribution in [2.24, 2.45) is 11.1 Å². The van der Waals surface area contributed by atoms with E-state index in [1.807, 2.05) is 19.3 Å². The average Bonchev–Trinajstić information content (AvgIpc) is 3.85. The number of ether oxygens (including phenoxy) is 1. The third-order valence-electron chi connectivity index (χ3n) is 12.6. The molecule has 0 saturated heterocycles. The number of halogens is 1. The fraction of sp³-hybridized carbons (Fsp3) is 0.442. The van der Waals surface area contributed by atoms with E-state index in [1.54, 1.807) is 11.7 Å². The Bertz CT molecular complexity index is 2130. The third-order valence-corrected chi connectivity index (χ3v) is 13.0. The molecule has 2 fully saturated rings. The van der Waals surface area contributed by atoms with E-state index < -0.39 is 5.91 Å². The lowest BCUT2D eigenvalue weighted by molar-refractivity contribution is -0.122. The molecule has 2 atom stereocenters. The number of fused-ring (bicyclic) bond motifs is 2. The molecule has 12 nitrogen and oxygen atoms in total. The fourth-order valence-corrected chi connectivity index (χ4v) is 9.76. The molecule has 1 spiro atoms. The zero-order valence-electron chi connectivity index (χ0n) is 32.6. The van der Waals surface area contributed by atoms with Crippen LogP contribution in [0.25, 0.3) is 17.0 Å². The summed E-state index contributed by atoms with van der Waals surface area (Å²) in [6, 6.07) is 17.1. The number of likely N-dealkylation sites (N-methyl/N-ethyl adjacent to an activating group) is 1. The van der Waals surface area contributed by atoms with Gasteiger partial charge >= 0.3 is 0 Å². The molecule has 5 N–H and O–H groups in total. The summed E-state index contributed by atoms with van der Waals surface area (Å²) in [7, 11) is 5.72. The third kappa shape index (κ3) is 6.93. The largest absolute Gasteiger partial charge is 0.489 e. The number of nitrogens with zero attached hydrogens (tertiary/aromatic N) is 5. The second-order valence-corrected chi connectivity index (χ2v) is 16.3. The first-order valence-corrected chi connectivity index (χ1v) is 20.3. The van der Waals surface area contributed by atoms with Gasteiger partial charge in [-0.2, -0.15) is 0 Å². The van der Waals surface area contributed by atoms with Gasteiger partial charge in [0, 0.05) is 55.7 Å². The predicted molar refractivity (Wildman–Crippen MR) is 222 cm³/mol. The molecule has 4 aliphatic rings. The normalized spacial score (nSPS) is 22.9. The summed E-state index contributed by atoms with van der Waals surface area (Å²) in [6.07, 6.45) is 14.8. The molecule has 13 heteroatoms. The van der Waals surface area contributed by atoms with Gasteiger partial charge in [0.15, 0.2) is 5.82 Å². The monoisotopic (exact) mass is 777 g/mol. The minimum Gasteiger partial charge on any atom is -0.489 e. The topological polar surface area (TPSA) is 143 Å². The first-order valence-electron chi connectivity index (χ1n) is 19.9. The number of hydrogen-bond acceptors (Lipinski definition) is 9. The minimum atomic E-state index is -0.537. The Labute approximate surface area is 333 Å². The summed E-state index contributed by atoms with van der Waals surface area (Å²) >= 11 is 6.63. The molecule has 2 amide bonds. The standard InChI is InChI=1S/C43H52ClN9O3/c1-5-7-32(42(55)47-3)33-20-27(10-12-34(33)44)51(4)26-14-17-43(18-15-26)22-29(23-43)56-28-11-13-35(48-24-28)30-8-6-9-37-31(30)16-19-52(37)39-21-36(46-2)41-49-25-38(40(45)54)53(41)50-39/h6,8-13,20-21,24-26,29,32,39,46,50H,5,7,14-19,22-23H2,1-4H3,(H2,45,54)(H,47,55). The van der Waals surface area contributed by atoms with Crippen molar-refractivity contribution in [1.82, 2.24) is 25.3 Å². The van der Waals surface area contributed by atoms with E-state index in [1.165, 1.54) is 24.6 Å².